The number of aryl methyl sites for hydroxylation is 3. The molecule has 0 aliphatic carbocycles. The van der Waals surface area contributed by atoms with E-state index in [1.54, 1.807) is 0 Å². The maximum atomic E-state index is 5.90. The number of ether oxygens (including phenoxy) is 1. The highest BCUT2D eigenvalue weighted by Crippen LogP contribution is 2.23. The lowest BCUT2D eigenvalue weighted by Gasteiger charge is -2.14. The first-order valence-electron chi connectivity index (χ1n) is 6.91. The van der Waals surface area contributed by atoms with Gasteiger partial charge in [0.15, 0.2) is 0 Å². The molecule has 1 unspecified atom stereocenters. The Morgan fingerprint density at radius 1 is 1.30 bits per heavy atom. The van der Waals surface area contributed by atoms with Gasteiger partial charge in [0.2, 0.25) is 0 Å². The Kier molecular flexibility index (Phi) is 4.45. The van der Waals surface area contributed by atoms with Gasteiger partial charge in [-0.15, -0.1) is 0 Å². The summed E-state index contributed by atoms with van der Waals surface area (Å²) in [5, 5.41) is 7.57. The highest BCUT2D eigenvalue weighted by molar-refractivity contribution is 5.37. The fraction of sp³-hybridized carbons (Fsp3) is 0.438. The van der Waals surface area contributed by atoms with Crippen LogP contribution in [0.2, 0.25) is 0 Å². The van der Waals surface area contributed by atoms with Crippen molar-refractivity contribution in [2.24, 2.45) is 7.05 Å². The molecular formula is C16H23N3O. The van der Waals surface area contributed by atoms with E-state index in [4.69, 9.17) is 4.74 Å². The van der Waals surface area contributed by atoms with Gasteiger partial charge in [0, 0.05) is 13.1 Å². The van der Waals surface area contributed by atoms with Crippen LogP contribution in [0.25, 0.3) is 0 Å². The van der Waals surface area contributed by atoms with Gasteiger partial charge in [-0.05, 0) is 51.1 Å². The fourth-order valence-electron chi connectivity index (χ4n) is 2.22. The van der Waals surface area contributed by atoms with E-state index < -0.39 is 0 Å². The summed E-state index contributed by atoms with van der Waals surface area (Å²) in [6, 6.07) is 8.72. The molecule has 4 nitrogen and oxygen atoms in total. The molecule has 0 saturated heterocycles. The van der Waals surface area contributed by atoms with Crippen LogP contribution in [0.5, 0.6) is 5.75 Å². The summed E-state index contributed by atoms with van der Waals surface area (Å²) in [5.74, 6) is 0.927. The second-order valence-electron chi connectivity index (χ2n) is 5.22. The molecule has 2 rings (SSSR count). The monoisotopic (exact) mass is 273 g/mol. The molecule has 0 aliphatic rings. The number of aromatic nitrogens is 2. The SMILES string of the molecule is CNC(C)c1ccc(OCc2cc(C)nn2C)c(C)c1. The number of hydrogen-bond acceptors (Lipinski definition) is 3. The summed E-state index contributed by atoms with van der Waals surface area (Å²) in [6.07, 6.45) is 0. The number of rotatable bonds is 5. The van der Waals surface area contributed by atoms with Crippen molar-refractivity contribution in [3.8, 4) is 5.75 Å². The fourth-order valence-corrected chi connectivity index (χ4v) is 2.22. The first kappa shape index (κ1) is 14.6. The van der Waals surface area contributed by atoms with Gasteiger partial charge >= 0.3 is 0 Å². The van der Waals surface area contributed by atoms with Gasteiger partial charge in [0.05, 0.1) is 11.4 Å². The van der Waals surface area contributed by atoms with Crippen molar-refractivity contribution in [3.63, 3.8) is 0 Å². The zero-order chi connectivity index (χ0) is 14.7. The minimum atomic E-state index is 0.350. The van der Waals surface area contributed by atoms with Crippen LogP contribution in [-0.4, -0.2) is 16.8 Å². The van der Waals surface area contributed by atoms with Gasteiger partial charge in [-0.25, -0.2) is 0 Å². The summed E-state index contributed by atoms with van der Waals surface area (Å²) >= 11 is 0. The van der Waals surface area contributed by atoms with Crippen LogP contribution in [0, 0.1) is 13.8 Å². The van der Waals surface area contributed by atoms with E-state index in [1.807, 2.05) is 37.8 Å². The van der Waals surface area contributed by atoms with Gasteiger partial charge in [0.1, 0.15) is 12.4 Å². The summed E-state index contributed by atoms with van der Waals surface area (Å²) in [4.78, 5) is 0. The Morgan fingerprint density at radius 3 is 2.60 bits per heavy atom. The van der Waals surface area contributed by atoms with Gasteiger partial charge in [-0.3, -0.25) is 4.68 Å². The molecule has 0 radical (unpaired) electrons. The first-order valence-corrected chi connectivity index (χ1v) is 6.91. The molecule has 0 saturated carbocycles. The molecule has 0 aliphatic heterocycles. The molecule has 1 aromatic heterocycles. The van der Waals surface area contributed by atoms with Gasteiger partial charge in [0.25, 0.3) is 0 Å². The lowest BCUT2D eigenvalue weighted by Crippen LogP contribution is -2.12. The summed E-state index contributed by atoms with van der Waals surface area (Å²) in [5.41, 5.74) is 4.52. The van der Waals surface area contributed by atoms with E-state index in [0.29, 0.717) is 12.6 Å². The molecule has 0 spiro atoms. The van der Waals surface area contributed by atoms with E-state index in [0.717, 1.165) is 22.7 Å². The van der Waals surface area contributed by atoms with Crippen LogP contribution in [0.15, 0.2) is 24.3 Å². The average molecular weight is 273 g/mol. The minimum absolute atomic E-state index is 0.350. The molecule has 20 heavy (non-hydrogen) atoms. The Bertz CT molecular complexity index is 589. The van der Waals surface area contributed by atoms with Crippen molar-refractivity contribution in [3.05, 3.63) is 46.8 Å². The standard InChI is InChI=1S/C16H23N3O/c1-11-8-14(13(3)17-4)6-7-16(11)20-10-15-9-12(2)18-19(15)5/h6-9,13,17H,10H2,1-5H3. The Balaban J connectivity index is 2.08. The van der Waals surface area contributed by atoms with Crippen molar-refractivity contribution >= 4 is 0 Å². The number of benzene rings is 1. The second kappa shape index (κ2) is 6.09. The molecule has 0 fully saturated rings. The molecule has 0 amide bonds. The average Bonchev–Trinajstić information content (AvgIpc) is 2.74. The topological polar surface area (TPSA) is 39.1 Å². The highest BCUT2D eigenvalue weighted by atomic mass is 16.5. The van der Waals surface area contributed by atoms with E-state index in [9.17, 15) is 0 Å². The van der Waals surface area contributed by atoms with E-state index in [-0.39, 0.29) is 0 Å². The summed E-state index contributed by atoms with van der Waals surface area (Å²) < 4.78 is 7.77. The van der Waals surface area contributed by atoms with Crippen LogP contribution in [-0.2, 0) is 13.7 Å². The molecule has 1 aromatic carbocycles. The van der Waals surface area contributed by atoms with Gasteiger partial charge in [-0.2, -0.15) is 5.10 Å². The molecule has 1 atom stereocenters. The number of nitrogens with zero attached hydrogens (tertiary/aromatic N) is 2. The van der Waals surface area contributed by atoms with E-state index in [1.165, 1.54) is 5.56 Å². The smallest absolute Gasteiger partial charge is 0.130 e. The largest absolute Gasteiger partial charge is 0.487 e. The summed E-state index contributed by atoms with van der Waals surface area (Å²) in [6.45, 7) is 6.76. The number of nitrogens with one attached hydrogen (secondary N) is 1. The molecule has 4 heteroatoms. The van der Waals surface area contributed by atoms with Crippen molar-refractivity contribution in [2.45, 2.75) is 33.4 Å². The van der Waals surface area contributed by atoms with E-state index in [2.05, 4.69) is 36.4 Å². The lowest BCUT2D eigenvalue weighted by molar-refractivity contribution is 0.292. The van der Waals surface area contributed by atoms with Crippen LogP contribution >= 0.6 is 0 Å². The Morgan fingerprint density at radius 2 is 2.05 bits per heavy atom. The van der Waals surface area contributed by atoms with Crippen LogP contribution in [0.3, 0.4) is 0 Å². The third kappa shape index (κ3) is 3.20. The first-order chi connectivity index (χ1) is 9.51. The summed E-state index contributed by atoms with van der Waals surface area (Å²) in [7, 11) is 3.91. The Labute approximate surface area is 120 Å². The normalized spacial score (nSPS) is 12.4. The highest BCUT2D eigenvalue weighted by Gasteiger charge is 2.08. The maximum absolute atomic E-state index is 5.90. The predicted molar refractivity (Wildman–Crippen MR) is 80.9 cm³/mol. The maximum Gasteiger partial charge on any atom is 0.130 e. The third-order valence-corrected chi connectivity index (χ3v) is 3.61. The van der Waals surface area contributed by atoms with Crippen LogP contribution in [0.1, 0.15) is 35.5 Å². The molecule has 2 aromatic rings. The predicted octanol–water partition coefficient (Wildman–Crippen LogP) is 2.90. The molecular weight excluding hydrogens is 250 g/mol. The van der Waals surface area contributed by atoms with Gasteiger partial charge < -0.3 is 10.1 Å². The quantitative estimate of drug-likeness (QED) is 0.910. The molecule has 108 valence electrons. The zero-order valence-electron chi connectivity index (χ0n) is 12.9. The van der Waals surface area contributed by atoms with Gasteiger partial charge in [-0.1, -0.05) is 12.1 Å². The molecule has 1 N–H and O–H groups in total. The lowest BCUT2D eigenvalue weighted by atomic mass is 10.1. The van der Waals surface area contributed by atoms with Crippen molar-refractivity contribution in [1.29, 1.82) is 0 Å². The molecule has 0 bridgehead atoms. The number of hydrogen-bond donors (Lipinski definition) is 1. The second-order valence-corrected chi connectivity index (χ2v) is 5.22. The van der Waals surface area contributed by atoms with Crippen LogP contribution in [0.4, 0.5) is 0 Å². The Hall–Kier alpha value is -1.81. The van der Waals surface area contributed by atoms with Crippen molar-refractivity contribution in [1.82, 2.24) is 15.1 Å². The third-order valence-electron chi connectivity index (χ3n) is 3.61. The zero-order valence-corrected chi connectivity index (χ0v) is 12.9. The minimum Gasteiger partial charge on any atom is -0.487 e. The van der Waals surface area contributed by atoms with Crippen molar-refractivity contribution in [2.75, 3.05) is 7.05 Å². The van der Waals surface area contributed by atoms with Crippen molar-refractivity contribution < 1.29 is 4.74 Å². The van der Waals surface area contributed by atoms with E-state index >= 15 is 0 Å². The molecule has 1 heterocycles. The van der Waals surface area contributed by atoms with Crippen LogP contribution < -0.4 is 10.1 Å².